The van der Waals surface area contributed by atoms with E-state index >= 15 is 0 Å². The third kappa shape index (κ3) is 9.62. The van der Waals surface area contributed by atoms with Crippen molar-refractivity contribution in [3.63, 3.8) is 0 Å². The molecule has 0 saturated carbocycles. The maximum absolute atomic E-state index is 12.5. The summed E-state index contributed by atoms with van der Waals surface area (Å²) in [4.78, 5) is 26.4. The van der Waals surface area contributed by atoms with Gasteiger partial charge in [-0.3, -0.25) is 4.79 Å². The highest BCUT2D eigenvalue weighted by molar-refractivity contribution is 5.84. The maximum Gasteiger partial charge on any atom is 0.328 e. The molecule has 0 aliphatic rings. The van der Waals surface area contributed by atoms with E-state index in [9.17, 15) is 9.59 Å². The predicted octanol–water partition coefficient (Wildman–Crippen LogP) is 4.71. The second kappa shape index (κ2) is 13.4. The molecule has 4 heteroatoms. The molecular weight excluding hydrogens is 290 g/mol. The fourth-order valence-corrected chi connectivity index (χ4v) is 2.39. The first-order chi connectivity index (χ1) is 11.0. The van der Waals surface area contributed by atoms with E-state index in [0.717, 1.165) is 32.1 Å². The van der Waals surface area contributed by atoms with Crippen LogP contribution >= 0.6 is 0 Å². The van der Waals surface area contributed by atoms with E-state index in [-0.39, 0.29) is 18.0 Å². The molecule has 0 heterocycles. The van der Waals surface area contributed by atoms with Gasteiger partial charge in [0.2, 0.25) is 5.91 Å². The number of hydrogen-bond donors (Lipinski definition) is 0. The second-order valence-electron chi connectivity index (χ2n) is 6.44. The van der Waals surface area contributed by atoms with Crippen LogP contribution < -0.4 is 0 Å². The standard InChI is InChI=1S/C19H37NO3/c1-6-9-11-12-13-14-18(21)20(15-10-7-2)17(5)19(22)23-16(4)8-3/h16-17H,6-15H2,1-5H3. The van der Waals surface area contributed by atoms with Gasteiger partial charge in [-0.1, -0.05) is 52.9 Å². The highest BCUT2D eigenvalue weighted by atomic mass is 16.5. The topological polar surface area (TPSA) is 46.6 Å². The van der Waals surface area contributed by atoms with E-state index < -0.39 is 6.04 Å². The molecule has 0 aliphatic carbocycles. The number of nitrogens with zero attached hydrogens (tertiary/aromatic N) is 1. The molecule has 2 atom stereocenters. The van der Waals surface area contributed by atoms with E-state index in [1.165, 1.54) is 19.3 Å². The van der Waals surface area contributed by atoms with Crippen molar-refractivity contribution in [2.45, 2.75) is 105 Å². The van der Waals surface area contributed by atoms with Crippen molar-refractivity contribution >= 4 is 11.9 Å². The van der Waals surface area contributed by atoms with Crippen molar-refractivity contribution in [3.05, 3.63) is 0 Å². The van der Waals surface area contributed by atoms with E-state index in [2.05, 4.69) is 13.8 Å². The average Bonchev–Trinajstić information content (AvgIpc) is 2.54. The first-order valence-corrected chi connectivity index (χ1v) is 9.47. The normalized spacial score (nSPS) is 13.4. The number of hydrogen-bond acceptors (Lipinski definition) is 3. The molecule has 136 valence electrons. The van der Waals surface area contributed by atoms with Crippen LogP contribution in [-0.2, 0) is 14.3 Å². The van der Waals surface area contributed by atoms with Crippen LogP contribution in [0, 0.1) is 0 Å². The number of esters is 1. The molecule has 0 bridgehead atoms. The summed E-state index contributed by atoms with van der Waals surface area (Å²) in [6, 6.07) is -0.487. The minimum Gasteiger partial charge on any atom is -0.461 e. The van der Waals surface area contributed by atoms with Gasteiger partial charge in [0.1, 0.15) is 6.04 Å². The molecule has 0 aliphatic heterocycles. The van der Waals surface area contributed by atoms with Crippen molar-refractivity contribution in [1.29, 1.82) is 0 Å². The van der Waals surface area contributed by atoms with E-state index in [1.54, 1.807) is 11.8 Å². The van der Waals surface area contributed by atoms with Crippen LogP contribution in [0.4, 0.5) is 0 Å². The number of amides is 1. The molecule has 0 aromatic carbocycles. The van der Waals surface area contributed by atoms with Gasteiger partial charge < -0.3 is 9.64 Å². The van der Waals surface area contributed by atoms with Crippen molar-refractivity contribution in [2.24, 2.45) is 0 Å². The van der Waals surface area contributed by atoms with E-state index in [0.29, 0.717) is 13.0 Å². The Hall–Kier alpha value is -1.06. The molecule has 0 spiro atoms. The SMILES string of the molecule is CCCCCCCC(=O)N(CCCC)C(C)C(=O)OC(C)CC. The average molecular weight is 328 g/mol. The van der Waals surface area contributed by atoms with Gasteiger partial charge in [-0.2, -0.15) is 0 Å². The lowest BCUT2D eigenvalue weighted by Gasteiger charge is -2.29. The van der Waals surface area contributed by atoms with Gasteiger partial charge >= 0.3 is 5.97 Å². The molecule has 0 radical (unpaired) electrons. The Morgan fingerprint density at radius 3 is 2.09 bits per heavy atom. The molecule has 0 rings (SSSR count). The van der Waals surface area contributed by atoms with Crippen LogP contribution in [0.3, 0.4) is 0 Å². The van der Waals surface area contributed by atoms with Crippen LogP contribution in [0.2, 0.25) is 0 Å². The Morgan fingerprint density at radius 1 is 0.913 bits per heavy atom. The van der Waals surface area contributed by atoms with Gasteiger partial charge in [-0.15, -0.1) is 0 Å². The third-order valence-electron chi connectivity index (χ3n) is 4.27. The Balaban J connectivity index is 4.52. The zero-order valence-electron chi connectivity index (χ0n) is 15.9. The van der Waals surface area contributed by atoms with Gasteiger partial charge in [-0.05, 0) is 33.1 Å². The summed E-state index contributed by atoms with van der Waals surface area (Å²) in [6.07, 6.45) is 8.78. The summed E-state index contributed by atoms with van der Waals surface area (Å²) < 4.78 is 5.40. The van der Waals surface area contributed by atoms with Crippen LogP contribution in [0.25, 0.3) is 0 Å². The Morgan fingerprint density at radius 2 is 1.52 bits per heavy atom. The zero-order chi connectivity index (χ0) is 17.7. The predicted molar refractivity (Wildman–Crippen MR) is 95.3 cm³/mol. The largest absolute Gasteiger partial charge is 0.461 e. The van der Waals surface area contributed by atoms with Crippen molar-refractivity contribution in [3.8, 4) is 0 Å². The fraction of sp³-hybridized carbons (Fsp3) is 0.895. The quantitative estimate of drug-likeness (QED) is 0.364. The molecular formula is C19H37NO3. The summed E-state index contributed by atoms with van der Waals surface area (Å²) in [6.45, 7) is 10.6. The van der Waals surface area contributed by atoms with E-state index in [4.69, 9.17) is 4.74 Å². The van der Waals surface area contributed by atoms with Gasteiger partial charge in [-0.25, -0.2) is 4.79 Å². The maximum atomic E-state index is 12.5. The molecule has 1 amide bonds. The Labute approximate surface area is 143 Å². The van der Waals surface area contributed by atoms with Crippen LogP contribution in [0.5, 0.6) is 0 Å². The summed E-state index contributed by atoms with van der Waals surface area (Å²) in [5.41, 5.74) is 0. The number of unbranched alkanes of at least 4 members (excludes halogenated alkanes) is 5. The lowest BCUT2D eigenvalue weighted by Crippen LogP contribution is -2.45. The summed E-state index contributed by atoms with van der Waals surface area (Å²) in [5.74, 6) is -0.196. The van der Waals surface area contributed by atoms with Gasteiger partial charge in [0.05, 0.1) is 6.10 Å². The van der Waals surface area contributed by atoms with Gasteiger partial charge in [0, 0.05) is 13.0 Å². The fourth-order valence-electron chi connectivity index (χ4n) is 2.39. The molecule has 0 aromatic rings. The molecule has 23 heavy (non-hydrogen) atoms. The highest BCUT2D eigenvalue weighted by Gasteiger charge is 2.27. The van der Waals surface area contributed by atoms with Crippen molar-refractivity contribution in [2.75, 3.05) is 6.54 Å². The number of ether oxygens (including phenoxy) is 1. The molecule has 2 unspecified atom stereocenters. The van der Waals surface area contributed by atoms with Crippen LogP contribution in [0.1, 0.15) is 92.4 Å². The number of rotatable bonds is 13. The van der Waals surface area contributed by atoms with Gasteiger partial charge in [0.25, 0.3) is 0 Å². The second-order valence-corrected chi connectivity index (χ2v) is 6.44. The summed E-state index contributed by atoms with van der Waals surface area (Å²) in [7, 11) is 0. The van der Waals surface area contributed by atoms with E-state index in [1.807, 2.05) is 13.8 Å². The first kappa shape index (κ1) is 21.9. The van der Waals surface area contributed by atoms with Crippen molar-refractivity contribution < 1.29 is 14.3 Å². The highest BCUT2D eigenvalue weighted by Crippen LogP contribution is 2.12. The smallest absolute Gasteiger partial charge is 0.328 e. The minimum absolute atomic E-state index is 0.0866. The number of carbonyl (C=O) groups excluding carboxylic acids is 2. The first-order valence-electron chi connectivity index (χ1n) is 9.47. The monoisotopic (exact) mass is 327 g/mol. The number of carbonyl (C=O) groups is 2. The van der Waals surface area contributed by atoms with Gasteiger partial charge in [0.15, 0.2) is 0 Å². The summed E-state index contributed by atoms with van der Waals surface area (Å²) >= 11 is 0. The lowest BCUT2D eigenvalue weighted by atomic mass is 10.1. The molecule has 0 saturated heterocycles. The van der Waals surface area contributed by atoms with Crippen LogP contribution in [0.15, 0.2) is 0 Å². The molecule has 4 nitrogen and oxygen atoms in total. The minimum atomic E-state index is -0.487. The summed E-state index contributed by atoms with van der Waals surface area (Å²) in [5, 5.41) is 0. The van der Waals surface area contributed by atoms with Crippen LogP contribution in [-0.4, -0.2) is 35.5 Å². The third-order valence-corrected chi connectivity index (χ3v) is 4.27. The molecule has 0 N–H and O–H groups in total. The molecule has 0 aromatic heterocycles. The molecule has 0 fully saturated rings. The zero-order valence-corrected chi connectivity index (χ0v) is 15.9. The lowest BCUT2D eigenvalue weighted by molar-refractivity contribution is -0.158. The Kier molecular flexibility index (Phi) is 12.8. The van der Waals surface area contributed by atoms with Crippen molar-refractivity contribution in [1.82, 2.24) is 4.90 Å². The Bertz CT molecular complexity index is 331.